The van der Waals surface area contributed by atoms with Crippen LogP contribution in [0.3, 0.4) is 0 Å². The van der Waals surface area contributed by atoms with Gasteiger partial charge in [-0.2, -0.15) is 5.26 Å². The van der Waals surface area contributed by atoms with Crippen molar-refractivity contribution in [3.63, 3.8) is 0 Å². The van der Waals surface area contributed by atoms with Crippen LogP contribution in [0.2, 0.25) is 0 Å². The predicted octanol–water partition coefficient (Wildman–Crippen LogP) is 6.41. The Morgan fingerprint density at radius 3 is 2.23 bits per heavy atom. The number of carbonyl (C=O) groups excluding carboxylic acids is 1. The van der Waals surface area contributed by atoms with Crippen LogP contribution in [-0.2, 0) is 6.61 Å². The minimum atomic E-state index is -0.516. The summed E-state index contributed by atoms with van der Waals surface area (Å²) in [5.41, 5.74) is 10.7. The molecule has 0 aliphatic carbocycles. The highest BCUT2D eigenvalue weighted by Crippen LogP contribution is 2.43. The zero-order chi connectivity index (χ0) is 28.1. The first-order valence-corrected chi connectivity index (χ1v) is 12.9. The number of hydrogen-bond donors (Lipinski definition) is 1. The number of nitriles is 1. The molecule has 4 aromatic carbocycles. The quantitative estimate of drug-likeness (QED) is 0.207. The van der Waals surface area contributed by atoms with Gasteiger partial charge in [-0.3, -0.25) is 0 Å². The second-order valence-electron chi connectivity index (χ2n) is 9.31. The largest absolute Gasteiger partial charge is 0.494 e. The summed E-state index contributed by atoms with van der Waals surface area (Å²) in [6.45, 7) is 4.93. The van der Waals surface area contributed by atoms with Crippen LogP contribution in [0.15, 0.2) is 102 Å². The van der Waals surface area contributed by atoms with Gasteiger partial charge in [0.15, 0.2) is 0 Å². The Labute approximate surface area is 233 Å². The van der Waals surface area contributed by atoms with E-state index in [0.29, 0.717) is 47.3 Å². The summed E-state index contributed by atoms with van der Waals surface area (Å²) in [7, 11) is 0. The Balaban J connectivity index is 1.34. The van der Waals surface area contributed by atoms with E-state index < -0.39 is 11.9 Å². The summed E-state index contributed by atoms with van der Waals surface area (Å²) in [6, 6.07) is 29.7. The molecule has 7 heteroatoms. The fourth-order valence-electron chi connectivity index (χ4n) is 4.47. The van der Waals surface area contributed by atoms with Crippen molar-refractivity contribution in [1.82, 2.24) is 0 Å². The molecule has 1 aliphatic rings. The van der Waals surface area contributed by atoms with E-state index in [0.717, 1.165) is 16.7 Å². The summed E-state index contributed by atoms with van der Waals surface area (Å²) in [4.78, 5) is 12.7. The van der Waals surface area contributed by atoms with Crippen LogP contribution in [-0.4, -0.2) is 12.6 Å². The number of hydrogen-bond acceptors (Lipinski definition) is 7. The standard InChI is InChI=1S/C33H28N2O5/c1-3-37-25-14-10-24(11-15-25)33(36)39-27-16-17-28-30(18-27)40-32(35)29(19-34)31(28)23-8-12-26(13-9-23)38-20-22-6-4-21(2)5-7-22/h4-18,31H,3,20,35H2,1-2H3. The van der Waals surface area contributed by atoms with E-state index >= 15 is 0 Å². The lowest BCUT2D eigenvalue weighted by atomic mass is 9.83. The van der Waals surface area contributed by atoms with Crippen LogP contribution in [0.5, 0.6) is 23.0 Å². The number of rotatable bonds is 8. The van der Waals surface area contributed by atoms with E-state index in [2.05, 4.69) is 18.2 Å². The molecule has 0 spiro atoms. The van der Waals surface area contributed by atoms with Crippen molar-refractivity contribution in [1.29, 1.82) is 5.26 Å². The van der Waals surface area contributed by atoms with E-state index in [1.54, 1.807) is 42.5 Å². The lowest BCUT2D eigenvalue weighted by molar-refractivity contribution is 0.0734. The van der Waals surface area contributed by atoms with Gasteiger partial charge in [0.05, 0.1) is 18.1 Å². The Bertz CT molecular complexity index is 1580. The zero-order valence-corrected chi connectivity index (χ0v) is 22.2. The molecule has 0 amide bonds. The molecule has 4 aromatic rings. The first-order chi connectivity index (χ1) is 19.4. The number of benzene rings is 4. The lowest BCUT2D eigenvalue weighted by Crippen LogP contribution is -2.21. The van der Waals surface area contributed by atoms with Crippen molar-refractivity contribution >= 4 is 5.97 Å². The number of esters is 1. The smallest absolute Gasteiger partial charge is 0.343 e. The molecule has 0 radical (unpaired) electrons. The monoisotopic (exact) mass is 532 g/mol. The molecule has 1 aliphatic heterocycles. The first kappa shape index (κ1) is 26.4. The maximum absolute atomic E-state index is 12.7. The highest BCUT2D eigenvalue weighted by atomic mass is 16.5. The highest BCUT2D eigenvalue weighted by molar-refractivity contribution is 5.91. The topological polar surface area (TPSA) is 104 Å². The molecule has 1 atom stereocenters. The number of allylic oxidation sites excluding steroid dienone is 1. The third-order valence-corrected chi connectivity index (χ3v) is 6.54. The molecular weight excluding hydrogens is 504 g/mol. The number of aryl methyl sites for hydroxylation is 1. The van der Waals surface area contributed by atoms with Gasteiger partial charge in [0, 0.05) is 11.6 Å². The molecule has 1 unspecified atom stereocenters. The van der Waals surface area contributed by atoms with Crippen LogP contribution < -0.4 is 24.7 Å². The summed E-state index contributed by atoms with van der Waals surface area (Å²) in [6.07, 6.45) is 0. The Morgan fingerprint density at radius 2 is 1.55 bits per heavy atom. The van der Waals surface area contributed by atoms with E-state index in [1.807, 2.05) is 50.2 Å². The molecule has 0 bridgehead atoms. The fourth-order valence-corrected chi connectivity index (χ4v) is 4.47. The third kappa shape index (κ3) is 5.77. The van der Waals surface area contributed by atoms with Gasteiger partial charge in [-0.1, -0.05) is 48.0 Å². The minimum absolute atomic E-state index is 0.00897. The molecular formula is C33H28N2O5. The molecule has 7 nitrogen and oxygen atoms in total. The maximum atomic E-state index is 12.7. The van der Waals surface area contributed by atoms with Crippen molar-refractivity contribution in [3.05, 3.63) is 130 Å². The second-order valence-corrected chi connectivity index (χ2v) is 9.31. The van der Waals surface area contributed by atoms with E-state index in [4.69, 9.17) is 24.7 Å². The molecule has 2 N–H and O–H groups in total. The Kier molecular flexibility index (Phi) is 7.70. The molecule has 1 heterocycles. The van der Waals surface area contributed by atoms with Crippen molar-refractivity contribution in [3.8, 4) is 29.1 Å². The van der Waals surface area contributed by atoms with Gasteiger partial charge in [-0.15, -0.1) is 0 Å². The SMILES string of the molecule is CCOc1ccc(C(=O)Oc2ccc3c(c2)OC(N)=C(C#N)C3c2ccc(OCc3ccc(C)cc3)cc2)cc1. The van der Waals surface area contributed by atoms with Gasteiger partial charge >= 0.3 is 5.97 Å². The molecule has 0 fully saturated rings. The van der Waals surface area contributed by atoms with E-state index in [9.17, 15) is 10.1 Å². The molecule has 5 rings (SSSR count). The third-order valence-electron chi connectivity index (χ3n) is 6.54. The van der Waals surface area contributed by atoms with Crippen molar-refractivity contribution in [2.24, 2.45) is 5.73 Å². The van der Waals surface area contributed by atoms with Gasteiger partial charge in [0.25, 0.3) is 0 Å². The summed E-state index contributed by atoms with van der Waals surface area (Å²) in [5, 5.41) is 9.89. The fraction of sp³-hybridized carbons (Fsp3) is 0.152. The average Bonchev–Trinajstić information content (AvgIpc) is 2.97. The van der Waals surface area contributed by atoms with Crippen LogP contribution in [0, 0.1) is 18.3 Å². The zero-order valence-electron chi connectivity index (χ0n) is 22.2. The summed E-state index contributed by atoms with van der Waals surface area (Å²) >= 11 is 0. The van der Waals surface area contributed by atoms with Gasteiger partial charge < -0.3 is 24.7 Å². The molecule has 200 valence electrons. The van der Waals surface area contributed by atoms with Crippen LogP contribution in [0.1, 0.15) is 45.5 Å². The minimum Gasteiger partial charge on any atom is -0.494 e. The Morgan fingerprint density at radius 1 is 0.900 bits per heavy atom. The van der Waals surface area contributed by atoms with Crippen LogP contribution in [0.4, 0.5) is 0 Å². The van der Waals surface area contributed by atoms with Crippen LogP contribution in [0.25, 0.3) is 0 Å². The van der Waals surface area contributed by atoms with Crippen LogP contribution >= 0.6 is 0 Å². The summed E-state index contributed by atoms with van der Waals surface area (Å²) in [5.74, 6) is 1.14. The van der Waals surface area contributed by atoms with Crippen molar-refractivity contribution < 1.29 is 23.7 Å². The molecule has 0 aromatic heterocycles. The number of nitrogens with zero attached hydrogens (tertiary/aromatic N) is 1. The van der Waals surface area contributed by atoms with E-state index in [1.165, 1.54) is 5.56 Å². The number of fused-ring (bicyclic) bond motifs is 1. The number of carbonyl (C=O) groups is 1. The summed E-state index contributed by atoms with van der Waals surface area (Å²) < 4.78 is 22.7. The molecule has 0 saturated heterocycles. The van der Waals surface area contributed by atoms with Crippen molar-refractivity contribution in [2.75, 3.05) is 6.61 Å². The van der Waals surface area contributed by atoms with Crippen molar-refractivity contribution in [2.45, 2.75) is 26.4 Å². The van der Waals surface area contributed by atoms with E-state index in [-0.39, 0.29) is 5.88 Å². The van der Waals surface area contributed by atoms with Gasteiger partial charge in [0.1, 0.15) is 41.2 Å². The molecule has 40 heavy (non-hydrogen) atoms. The predicted molar refractivity (Wildman–Crippen MR) is 150 cm³/mol. The normalized spacial score (nSPS) is 14.0. The average molecular weight is 533 g/mol. The van der Waals surface area contributed by atoms with Gasteiger partial charge in [-0.05, 0) is 67.4 Å². The number of ether oxygens (including phenoxy) is 4. The highest BCUT2D eigenvalue weighted by Gasteiger charge is 2.31. The maximum Gasteiger partial charge on any atom is 0.343 e. The van der Waals surface area contributed by atoms with Gasteiger partial charge in [-0.25, -0.2) is 4.79 Å². The molecule has 0 saturated carbocycles. The Hall–Kier alpha value is -5.22. The second kappa shape index (κ2) is 11.7. The lowest BCUT2D eigenvalue weighted by Gasteiger charge is -2.26. The van der Waals surface area contributed by atoms with Gasteiger partial charge in [0.2, 0.25) is 5.88 Å². The first-order valence-electron chi connectivity index (χ1n) is 12.9. The number of nitrogens with two attached hydrogens (primary N) is 1.